The zero-order chi connectivity index (χ0) is 10.7. The van der Waals surface area contributed by atoms with Gasteiger partial charge in [0, 0.05) is 5.69 Å². The van der Waals surface area contributed by atoms with Gasteiger partial charge in [-0.1, -0.05) is 36.9 Å². The molecule has 0 radical (unpaired) electrons. The molecule has 4 N–H and O–H groups in total. The minimum absolute atomic E-state index is 0.222. The van der Waals surface area contributed by atoms with Crippen molar-refractivity contribution >= 4 is 27.1 Å². The van der Waals surface area contributed by atoms with E-state index < -0.39 is 18.9 Å². The van der Waals surface area contributed by atoms with E-state index in [9.17, 15) is 5.11 Å². The molecule has 1 aromatic rings. The summed E-state index contributed by atoms with van der Waals surface area (Å²) in [6.07, 6.45) is 2.36. The summed E-state index contributed by atoms with van der Waals surface area (Å²) in [4.78, 5) is 7.02. The molecule has 0 aromatic carbocycles. The molecule has 0 atom stereocenters. The van der Waals surface area contributed by atoms with Crippen molar-refractivity contribution in [1.82, 2.24) is 9.97 Å². The predicted octanol–water partition coefficient (Wildman–Crippen LogP) is 1.19. The van der Waals surface area contributed by atoms with Gasteiger partial charge in [0.15, 0.2) is 0 Å². The van der Waals surface area contributed by atoms with Gasteiger partial charge in [-0.05, 0) is 6.42 Å². The quantitative estimate of drug-likeness (QED) is 0.580. The van der Waals surface area contributed by atoms with Gasteiger partial charge in [0.1, 0.15) is 9.39 Å². The van der Waals surface area contributed by atoms with Crippen LogP contribution in [0, 0.1) is 0 Å². The van der Waals surface area contributed by atoms with Gasteiger partial charge in [-0.2, -0.15) is 0 Å². The Morgan fingerprint density at radius 1 is 1.79 bits per heavy atom. The Hall–Kier alpha value is -0.820. The maximum Gasteiger partial charge on any atom is 0.128 e. The molecule has 0 amide bonds. The molecule has 4 nitrogen and oxygen atoms in total. The number of nitrogens with zero attached hydrogens (tertiary/aromatic N) is 1. The van der Waals surface area contributed by atoms with E-state index in [1.165, 1.54) is 0 Å². The number of aliphatic hydroxyl groups is 1. The van der Waals surface area contributed by atoms with E-state index in [0.29, 0.717) is 9.40 Å². The van der Waals surface area contributed by atoms with Gasteiger partial charge in [0.25, 0.3) is 0 Å². The number of aromatic amines is 1. The third-order valence-electron chi connectivity index (χ3n) is 1.78. The molecule has 78 valence electrons. The average molecular weight is 307 g/mol. The molecule has 1 rings (SSSR count). The van der Waals surface area contributed by atoms with Crippen LogP contribution in [0.5, 0.6) is 0 Å². The molecule has 1 aromatic heterocycles. The molecule has 0 bridgehead atoms. The molecular weight excluding hydrogens is 293 g/mol. The van der Waals surface area contributed by atoms with E-state index in [0.717, 1.165) is 12.1 Å². The average Bonchev–Trinajstić information content (AvgIpc) is 2.62. The van der Waals surface area contributed by atoms with Crippen LogP contribution < -0.4 is 5.73 Å². The van der Waals surface area contributed by atoms with Crippen LogP contribution in [0.4, 0.5) is 0 Å². The van der Waals surface area contributed by atoms with E-state index in [1.54, 1.807) is 6.33 Å². The molecule has 0 aliphatic carbocycles. The van der Waals surface area contributed by atoms with Crippen LogP contribution in [-0.4, -0.2) is 23.3 Å². The molecule has 0 spiro atoms. The second-order valence-electron chi connectivity index (χ2n) is 2.68. The lowest BCUT2D eigenvalue weighted by Crippen LogP contribution is -2.03. The smallest absolute Gasteiger partial charge is 0.128 e. The SMILES string of the molecule is C=C(N)I(=C)=C(O)c1nc[nH]c1CC. The Morgan fingerprint density at radius 3 is 2.93 bits per heavy atom. The highest BCUT2D eigenvalue weighted by molar-refractivity contribution is 14.2. The maximum atomic E-state index is 9.86. The van der Waals surface area contributed by atoms with Crippen molar-refractivity contribution in [3.05, 3.63) is 28.0 Å². The number of aliphatic hydroxyl groups excluding tert-OH is 1. The summed E-state index contributed by atoms with van der Waals surface area (Å²) in [6.45, 7) is 5.60. The normalized spacial score (nSPS) is 13.7. The minimum atomic E-state index is -2.06. The first-order valence-corrected chi connectivity index (χ1v) is 7.78. The highest BCUT2D eigenvalue weighted by Crippen LogP contribution is 2.20. The number of rotatable bonds is 3. The molecule has 0 unspecified atom stereocenters. The molecule has 0 fully saturated rings. The molecule has 0 saturated heterocycles. The number of nitrogens with two attached hydrogens (primary N) is 1. The van der Waals surface area contributed by atoms with Gasteiger partial charge in [-0.3, -0.25) is 0 Å². The lowest BCUT2D eigenvalue weighted by atomic mass is 10.3. The monoisotopic (exact) mass is 307 g/mol. The summed E-state index contributed by atoms with van der Waals surface area (Å²) < 4.78 is 4.57. The fourth-order valence-corrected chi connectivity index (χ4v) is 2.73. The van der Waals surface area contributed by atoms with Crippen molar-refractivity contribution in [2.75, 3.05) is 0 Å². The molecule has 0 aliphatic heterocycles. The number of hydrogen-bond donors (Lipinski definition) is 3. The van der Waals surface area contributed by atoms with Crippen LogP contribution in [0.15, 0.2) is 16.6 Å². The lowest BCUT2D eigenvalue weighted by molar-refractivity contribution is 0.570. The van der Waals surface area contributed by atoms with Gasteiger partial charge in [0.2, 0.25) is 0 Å². The summed E-state index contributed by atoms with van der Waals surface area (Å²) in [6, 6.07) is 0. The maximum absolute atomic E-state index is 9.86. The largest absolute Gasteiger partial charge is 0.395 e. The van der Waals surface area contributed by atoms with Gasteiger partial charge in [0.05, 0.1) is 10.0 Å². The molecule has 14 heavy (non-hydrogen) atoms. The third kappa shape index (κ3) is 2.16. The zero-order valence-corrected chi connectivity index (χ0v) is 10.2. The minimum Gasteiger partial charge on any atom is -0.395 e. The Kier molecular flexibility index (Phi) is 3.70. The number of hydrogen-bond acceptors (Lipinski definition) is 3. The zero-order valence-electron chi connectivity index (χ0n) is 8.05. The molecule has 0 aliphatic rings. The summed E-state index contributed by atoms with van der Waals surface area (Å²) >= 11 is -2.06. The molecule has 5 heteroatoms. The van der Waals surface area contributed by atoms with Crippen molar-refractivity contribution in [3.8, 4) is 0 Å². The standard InChI is InChI=1S/C9H14IN3O/c1-4-7-8(13-5-12-7)9(14)10(3)6(2)11/h5,14H,2-4,11H2,1H3,(H,12,13). The van der Waals surface area contributed by atoms with E-state index in [2.05, 4.69) is 21.1 Å². The van der Waals surface area contributed by atoms with Crippen LogP contribution in [-0.2, 0) is 6.42 Å². The number of aromatic nitrogens is 2. The second-order valence-corrected chi connectivity index (χ2v) is 7.16. The molecule has 1 heterocycles. The highest BCUT2D eigenvalue weighted by Gasteiger charge is 2.08. The Morgan fingerprint density at radius 2 is 2.43 bits per heavy atom. The first-order chi connectivity index (χ1) is 6.57. The first-order valence-electron chi connectivity index (χ1n) is 4.09. The van der Waals surface area contributed by atoms with Crippen LogP contribution >= 0.6 is 18.9 Å². The lowest BCUT2D eigenvalue weighted by Gasteiger charge is -2.01. The van der Waals surface area contributed by atoms with Crippen LogP contribution in [0.2, 0.25) is 0 Å². The van der Waals surface area contributed by atoms with Crippen molar-refractivity contribution < 1.29 is 5.11 Å². The van der Waals surface area contributed by atoms with E-state index >= 15 is 0 Å². The number of aryl methyl sites for hydroxylation is 1. The fourth-order valence-electron chi connectivity index (χ4n) is 0.991. The van der Waals surface area contributed by atoms with E-state index in [4.69, 9.17) is 5.73 Å². The van der Waals surface area contributed by atoms with Gasteiger partial charge >= 0.3 is 0 Å². The Labute approximate surface area is 89.2 Å². The highest BCUT2D eigenvalue weighted by atomic mass is 127. The van der Waals surface area contributed by atoms with Crippen LogP contribution in [0.3, 0.4) is 0 Å². The third-order valence-corrected chi connectivity index (χ3v) is 5.19. The summed E-state index contributed by atoms with van der Waals surface area (Å²) in [5, 5.41) is 9.86. The fraction of sp³-hybridized carbons (Fsp3) is 0.222. The van der Waals surface area contributed by atoms with E-state index in [1.807, 2.05) is 6.92 Å². The van der Waals surface area contributed by atoms with Crippen molar-refractivity contribution in [2.45, 2.75) is 13.3 Å². The van der Waals surface area contributed by atoms with E-state index in [-0.39, 0.29) is 3.69 Å². The second kappa shape index (κ2) is 4.61. The Bertz CT molecular complexity index is 427. The molecule has 0 saturated carbocycles. The van der Waals surface area contributed by atoms with Crippen molar-refractivity contribution in [2.24, 2.45) is 5.73 Å². The van der Waals surface area contributed by atoms with Crippen molar-refractivity contribution in [1.29, 1.82) is 0 Å². The van der Waals surface area contributed by atoms with Gasteiger partial charge < -0.3 is 15.8 Å². The topological polar surface area (TPSA) is 74.9 Å². The number of nitrogens with one attached hydrogen (secondary N) is 1. The van der Waals surface area contributed by atoms with Gasteiger partial charge in [-0.15, -0.1) is 0 Å². The molecular formula is C9H14IN3O. The van der Waals surface area contributed by atoms with Crippen LogP contribution in [0.1, 0.15) is 18.3 Å². The predicted molar refractivity (Wildman–Crippen MR) is 68.5 cm³/mol. The van der Waals surface area contributed by atoms with Crippen molar-refractivity contribution in [3.63, 3.8) is 0 Å². The summed E-state index contributed by atoms with van der Waals surface area (Å²) in [5.74, 6) is 0. The van der Waals surface area contributed by atoms with Gasteiger partial charge in [-0.25, -0.2) is 4.98 Å². The first kappa shape index (κ1) is 11.3. The Balaban J connectivity index is 3.24. The number of H-pyrrole nitrogens is 1. The summed E-state index contributed by atoms with van der Waals surface area (Å²) in [5.41, 5.74) is 7.04. The summed E-state index contributed by atoms with van der Waals surface area (Å²) in [7, 11) is 0. The van der Waals surface area contributed by atoms with Crippen LogP contribution in [0.25, 0.3) is 0 Å². The number of imidazole rings is 1. The number of halogens is 1.